The van der Waals surface area contributed by atoms with Crippen molar-refractivity contribution in [2.75, 3.05) is 64.2 Å². The fraction of sp³-hybridized carbons (Fsp3) is 0.368. The number of benzene rings is 7. The predicted molar refractivity (Wildman–Crippen MR) is 341 cm³/mol. The Balaban J connectivity index is 0.000000133. The number of carbonyl (C=O) groups is 1. The van der Waals surface area contributed by atoms with E-state index in [0.717, 1.165) is 119 Å². The van der Waals surface area contributed by atoms with Crippen LogP contribution in [-0.2, 0) is 66.4 Å². The lowest BCUT2D eigenvalue weighted by molar-refractivity contribution is 0.187. The number of ether oxygens (including phenoxy) is 1. The summed E-state index contributed by atoms with van der Waals surface area (Å²) >= 11 is 18.6. The highest BCUT2D eigenvalue weighted by Crippen LogP contribution is 2.49. The molecule has 7 aromatic carbocycles. The molecule has 3 aliphatic carbocycles. The number of aryl methyl sites for hydroxylation is 2. The molecule has 0 saturated heterocycles. The topological polar surface area (TPSA) is 167 Å². The molecule has 0 saturated carbocycles. The number of nitrogens with one attached hydrogen (secondary N) is 3. The van der Waals surface area contributed by atoms with Gasteiger partial charge in [0.25, 0.3) is 0 Å². The predicted octanol–water partition coefficient (Wildman–Crippen LogP) is 12.8. The number of halogens is 3. The summed E-state index contributed by atoms with van der Waals surface area (Å²) in [6, 6.07) is 41.6. The summed E-state index contributed by atoms with van der Waals surface area (Å²) in [5.74, 6) is 1.01. The summed E-state index contributed by atoms with van der Waals surface area (Å²) in [7, 11) is 4.60. The maximum absolute atomic E-state index is 11.6. The van der Waals surface area contributed by atoms with Crippen molar-refractivity contribution in [2.24, 2.45) is 0 Å². The van der Waals surface area contributed by atoms with Crippen LogP contribution >= 0.6 is 34.8 Å². The van der Waals surface area contributed by atoms with E-state index in [1.54, 1.807) is 0 Å². The molecule has 85 heavy (non-hydrogen) atoms. The van der Waals surface area contributed by atoms with Gasteiger partial charge < -0.3 is 40.1 Å². The van der Waals surface area contributed by atoms with Crippen molar-refractivity contribution < 1.29 is 33.3 Å². The van der Waals surface area contributed by atoms with Gasteiger partial charge in [-0.05, 0) is 217 Å². The zero-order valence-electron chi connectivity index (χ0n) is 48.8. The van der Waals surface area contributed by atoms with Crippen LogP contribution in [0, 0.1) is 0 Å². The molecular formula is C68H75Cl3N6O7S. The number of rotatable bonds is 7. The number of hydrogen-bond acceptors (Lipinski definition) is 11. The highest BCUT2D eigenvalue weighted by Gasteiger charge is 2.40. The van der Waals surface area contributed by atoms with Crippen molar-refractivity contribution in [2.45, 2.75) is 107 Å². The van der Waals surface area contributed by atoms with Crippen molar-refractivity contribution in [1.29, 1.82) is 0 Å². The molecule has 1 amide bonds. The summed E-state index contributed by atoms with van der Waals surface area (Å²) in [6.07, 6.45) is 9.55. The molecular weight excluding hydrogens is 1150 g/mol. The fourth-order valence-electron chi connectivity index (χ4n) is 14.5. The van der Waals surface area contributed by atoms with Crippen LogP contribution in [-0.4, -0.2) is 117 Å². The van der Waals surface area contributed by atoms with E-state index in [9.17, 15) is 28.5 Å². The van der Waals surface area contributed by atoms with Crippen LogP contribution in [0.25, 0.3) is 0 Å². The molecule has 3 heterocycles. The average molecular weight is 1230 g/mol. The zero-order chi connectivity index (χ0) is 59.8. The van der Waals surface area contributed by atoms with Gasteiger partial charge in [-0.3, -0.25) is 10.0 Å². The highest BCUT2D eigenvalue weighted by molar-refractivity contribution is 7.92. The number of amides is 1. The fourth-order valence-corrected chi connectivity index (χ4v) is 15.6. The Hall–Kier alpha value is -6.33. The summed E-state index contributed by atoms with van der Waals surface area (Å²) in [4.78, 5) is 18.8. The molecule has 13 rings (SSSR count). The van der Waals surface area contributed by atoms with Gasteiger partial charge in [0.05, 0.1) is 28.4 Å². The van der Waals surface area contributed by atoms with E-state index in [1.165, 1.54) is 68.3 Å². The molecule has 0 aromatic heterocycles. The number of anilines is 2. The minimum absolute atomic E-state index is 0.112. The van der Waals surface area contributed by atoms with Crippen LogP contribution in [0.3, 0.4) is 0 Å². The first-order chi connectivity index (χ1) is 40.8. The second-order valence-corrected chi connectivity index (χ2v) is 26.8. The van der Waals surface area contributed by atoms with Gasteiger partial charge >= 0.3 is 6.09 Å². The van der Waals surface area contributed by atoms with Crippen LogP contribution in [0.5, 0.6) is 17.2 Å². The molecule has 0 fully saturated rings. The van der Waals surface area contributed by atoms with Gasteiger partial charge in [0.1, 0.15) is 17.2 Å². The lowest BCUT2D eigenvalue weighted by atomic mass is 9.73. The molecule has 6 N–H and O–H groups in total. The Morgan fingerprint density at radius 2 is 0.976 bits per heavy atom. The molecule has 7 aromatic rings. The van der Waals surface area contributed by atoms with Crippen molar-refractivity contribution in [3.63, 3.8) is 0 Å². The first-order valence-corrected chi connectivity index (χ1v) is 32.4. The lowest BCUT2D eigenvalue weighted by Crippen LogP contribution is -2.40. The van der Waals surface area contributed by atoms with Gasteiger partial charge in [-0.2, -0.15) is 0 Å². The Bertz CT molecular complexity index is 3760. The van der Waals surface area contributed by atoms with E-state index in [4.69, 9.17) is 34.8 Å². The van der Waals surface area contributed by atoms with E-state index >= 15 is 0 Å². The quantitative estimate of drug-likeness (QED) is 0.0899. The highest BCUT2D eigenvalue weighted by atomic mass is 35.5. The van der Waals surface area contributed by atoms with Crippen molar-refractivity contribution >= 4 is 62.3 Å². The molecule has 0 spiro atoms. The third-order valence-electron chi connectivity index (χ3n) is 18.6. The molecule has 3 aliphatic heterocycles. The number of fused-ring (bicyclic) bond motifs is 15. The van der Waals surface area contributed by atoms with Crippen LogP contribution < -0.4 is 15.4 Å². The first-order valence-electron chi connectivity index (χ1n) is 29.4. The number of carbonyl (C=O) groups excluding carboxylic acids is 1. The third-order valence-corrected chi connectivity index (χ3v) is 20.1. The van der Waals surface area contributed by atoms with E-state index < -0.39 is 16.1 Å². The SMILES string of the molecule is CN1CCc2cc(Cl)c(O)cc2[C@H]2c3ccc(NS(C)(=O)=O)cc3CC[C@@H]21.CN1CCc2cc(Cl)c(O)cc2[C@H]2c3cccc(CNCc4ccccc4)c3CC[C@@H]21.COC(=O)Nc1ccc2c(c1)CC[C@H]1[C@H]2c2cc(O)c(Cl)cc2CCN1C. The number of aromatic hydroxyl groups is 3. The van der Waals surface area contributed by atoms with E-state index in [2.05, 4.69) is 111 Å². The number of methoxy groups -OCH3 is 1. The third kappa shape index (κ3) is 13.0. The van der Waals surface area contributed by atoms with Gasteiger partial charge in [0, 0.05) is 80.0 Å². The number of hydrogen-bond donors (Lipinski definition) is 6. The number of sulfonamides is 1. The second-order valence-electron chi connectivity index (χ2n) is 23.8. The molecule has 0 unspecified atom stereocenters. The standard InChI is InChI=1S/C27H29ClN2O.C21H23ClN2O3.C20H23ClN2O3S/c1-30-13-12-19-14-24(28)26(31)15-23(19)27-22-9-5-8-20(21(22)10-11-25(27)30)17-29-16-18-6-3-2-4-7-18;1-24-8-7-13-10-17(22)19(25)11-16(13)20-15-5-4-14(23-21(26)27-2)9-12(15)3-6-18(20)24;1-23-8-7-13-10-17(21)19(24)11-16(13)20-15-5-4-14(22-27(2,25)26)9-12(15)3-6-18(20)23/h2-9,14-15,25,27,29,31H,10-13,16-17H2,1H3;4-5,9-11,18,20,25H,3,6-8H2,1-2H3,(H,23,26);4-5,9-11,18,20,22,24H,3,6-8H2,1-2H3/t25-,27+;2*18-,20+/m000/s1. The van der Waals surface area contributed by atoms with Crippen molar-refractivity contribution in [3.05, 3.63) is 214 Å². The summed E-state index contributed by atoms with van der Waals surface area (Å²) in [5.41, 5.74) is 18.9. The Kier molecular flexibility index (Phi) is 18.1. The lowest BCUT2D eigenvalue weighted by Gasteiger charge is -2.39. The van der Waals surface area contributed by atoms with E-state index in [1.807, 2.05) is 66.7 Å². The van der Waals surface area contributed by atoms with Crippen LogP contribution in [0.4, 0.5) is 16.2 Å². The van der Waals surface area contributed by atoms with Crippen molar-refractivity contribution in [3.8, 4) is 17.2 Å². The van der Waals surface area contributed by atoms with Gasteiger partial charge in [-0.1, -0.05) is 95.5 Å². The van der Waals surface area contributed by atoms with Crippen LogP contribution in [0.1, 0.15) is 115 Å². The number of phenols is 3. The molecule has 0 radical (unpaired) electrons. The molecule has 17 heteroatoms. The number of phenolic OH excluding ortho intramolecular Hbond substituents is 3. The molecule has 6 aliphatic rings. The summed E-state index contributed by atoms with van der Waals surface area (Å²) in [6.45, 7) is 4.66. The van der Waals surface area contributed by atoms with Gasteiger partial charge in [-0.25, -0.2) is 13.2 Å². The van der Waals surface area contributed by atoms with E-state index in [-0.39, 0.29) is 35.0 Å². The van der Waals surface area contributed by atoms with Gasteiger partial charge in [-0.15, -0.1) is 0 Å². The molecule has 6 atom stereocenters. The van der Waals surface area contributed by atoms with Gasteiger partial charge in [0.15, 0.2) is 0 Å². The van der Waals surface area contributed by atoms with Crippen molar-refractivity contribution in [1.82, 2.24) is 20.0 Å². The minimum Gasteiger partial charge on any atom is -0.506 e. The number of nitrogens with zero attached hydrogens (tertiary/aromatic N) is 3. The monoisotopic (exact) mass is 1220 g/mol. The zero-order valence-corrected chi connectivity index (χ0v) is 51.9. The smallest absolute Gasteiger partial charge is 0.411 e. The Labute approximate surface area is 514 Å². The molecule has 0 bridgehead atoms. The normalized spacial score (nSPS) is 21.4. The van der Waals surface area contributed by atoms with E-state index in [0.29, 0.717) is 38.9 Å². The minimum atomic E-state index is -3.31. The number of likely N-dealkylation sites (N-methyl/N-ethyl adjacent to an activating group) is 3. The Morgan fingerprint density at radius 3 is 1.46 bits per heavy atom. The molecule has 13 nitrogen and oxygen atoms in total. The van der Waals surface area contributed by atoms with Gasteiger partial charge in [0.2, 0.25) is 10.0 Å². The maximum atomic E-state index is 11.6. The second kappa shape index (κ2) is 25.6. The molecule has 446 valence electrons. The average Bonchev–Trinajstić information content (AvgIpc) is 2.00. The Morgan fingerprint density at radius 1 is 0.529 bits per heavy atom. The summed E-state index contributed by atoms with van der Waals surface area (Å²) in [5, 5.41) is 38.5. The van der Waals surface area contributed by atoms with Crippen LogP contribution in [0.15, 0.2) is 121 Å². The maximum Gasteiger partial charge on any atom is 0.411 e. The largest absolute Gasteiger partial charge is 0.506 e. The summed E-state index contributed by atoms with van der Waals surface area (Å²) < 4.78 is 30.4. The van der Waals surface area contributed by atoms with Crippen LogP contribution in [0.2, 0.25) is 15.1 Å². The first kappa shape index (κ1) is 60.4.